The Morgan fingerprint density at radius 2 is 1.17 bits per heavy atom. The zero-order chi connectivity index (χ0) is 29.8. The fourth-order valence-electron chi connectivity index (χ4n) is 3.53. The third-order valence-corrected chi connectivity index (χ3v) is 5.66. The van der Waals surface area contributed by atoms with Crippen LogP contribution >= 0.6 is 0 Å². The molecule has 0 atom stereocenters. The topological polar surface area (TPSA) is 97.4 Å². The standard InChI is InChI=1S/C33H34O8/c1-6-31(34)39-16-14-37-29-19-27(20-30(21-29)38-15-17-40-32(35)22(2)3)26-9-7-8-25(18-26)24-10-12-28(13-11-24)41-33(36)23(4)5/h7-13,18-21H,2,4,6,14-17H2,1,3,5H3. The number of hydrogen-bond acceptors (Lipinski definition) is 8. The molecule has 8 nitrogen and oxygen atoms in total. The fraction of sp³-hybridized carbons (Fsp3) is 0.242. The summed E-state index contributed by atoms with van der Waals surface area (Å²) in [5, 5.41) is 0. The van der Waals surface area contributed by atoms with Gasteiger partial charge in [0, 0.05) is 23.6 Å². The van der Waals surface area contributed by atoms with Crippen molar-refractivity contribution in [1.29, 1.82) is 0 Å². The average Bonchev–Trinajstić information content (AvgIpc) is 2.97. The number of ether oxygens (including phenoxy) is 5. The monoisotopic (exact) mass is 558 g/mol. The van der Waals surface area contributed by atoms with Gasteiger partial charge in [-0.05, 0) is 66.4 Å². The third-order valence-electron chi connectivity index (χ3n) is 5.66. The molecule has 3 rings (SSSR count). The van der Waals surface area contributed by atoms with E-state index in [1.807, 2.05) is 48.5 Å². The van der Waals surface area contributed by atoms with Crippen molar-refractivity contribution in [2.75, 3.05) is 26.4 Å². The second kappa shape index (κ2) is 15.1. The van der Waals surface area contributed by atoms with Crippen LogP contribution < -0.4 is 14.2 Å². The maximum Gasteiger partial charge on any atom is 0.338 e. The first-order chi connectivity index (χ1) is 19.7. The average molecular weight is 559 g/mol. The molecule has 0 aliphatic carbocycles. The van der Waals surface area contributed by atoms with E-state index in [4.69, 9.17) is 23.7 Å². The second-order valence-electron chi connectivity index (χ2n) is 9.16. The van der Waals surface area contributed by atoms with Crippen LogP contribution in [0.3, 0.4) is 0 Å². The number of carbonyl (C=O) groups excluding carboxylic acids is 3. The molecule has 3 aromatic carbocycles. The molecule has 0 saturated heterocycles. The van der Waals surface area contributed by atoms with Gasteiger partial charge in [0.15, 0.2) is 0 Å². The molecule has 41 heavy (non-hydrogen) atoms. The van der Waals surface area contributed by atoms with Gasteiger partial charge in [-0.2, -0.15) is 0 Å². The maximum atomic E-state index is 11.8. The SMILES string of the molecule is C=C(C)C(=O)OCCOc1cc(OCCOC(=O)CC)cc(-c2cccc(-c3ccc(OC(=O)C(=C)C)cc3)c2)c1. The molecule has 0 radical (unpaired) electrons. The Hall–Kier alpha value is -4.85. The lowest BCUT2D eigenvalue weighted by atomic mass is 9.98. The fourth-order valence-corrected chi connectivity index (χ4v) is 3.53. The minimum atomic E-state index is -0.480. The van der Waals surface area contributed by atoms with E-state index in [2.05, 4.69) is 13.2 Å². The van der Waals surface area contributed by atoms with Crippen molar-refractivity contribution < 1.29 is 38.1 Å². The van der Waals surface area contributed by atoms with E-state index >= 15 is 0 Å². The van der Waals surface area contributed by atoms with Crippen molar-refractivity contribution in [2.45, 2.75) is 27.2 Å². The first kappa shape index (κ1) is 30.7. The van der Waals surface area contributed by atoms with Gasteiger partial charge in [-0.3, -0.25) is 4.79 Å². The molecule has 0 amide bonds. The zero-order valence-electron chi connectivity index (χ0n) is 23.6. The molecule has 0 aromatic heterocycles. The van der Waals surface area contributed by atoms with E-state index < -0.39 is 11.9 Å². The van der Waals surface area contributed by atoms with Gasteiger partial charge in [-0.15, -0.1) is 0 Å². The highest BCUT2D eigenvalue weighted by atomic mass is 16.6. The van der Waals surface area contributed by atoms with E-state index in [0.29, 0.717) is 34.8 Å². The molecule has 0 bridgehead atoms. The first-order valence-corrected chi connectivity index (χ1v) is 13.1. The van der Waals surface area contributed by atoms with Gasteiger partial charge in [-0.1, -0.05) is 50.4 Å². The molecule has 0 aliphatic rings. The van der Waals surface area contributed by atoms with E-state index in [0.717, 1.165) is 22.3 Å². The number of hydrogen-bond donors (Lipinski definition) is 0. The largest absolute Gasteiger partial charge is 0.490 e. The highest BCUT2D eigenvalue weighted by Crippen LogP contribution is 2.33. The number of carbonyl (C=O) groups is 3. The maximum absolute atomic E-state index is 11.8. The predicted molar refractivity (Wildman–Crippen MR) is 156 cm³/mol. The third kappa shape index (κ3) is 9.69. The highest BCUT2D eigenvalue weighted by Gasteiger charge is 2.10. The summed E-state index contributed by atoms with van der Waals surface area (Å²) in [6.45, 7) is 12.6. The minimum absolute atomic E-state index is 0.0617. The van der Waals surface area contributed by atoms with Crippen molar-refractivity contribution in [1.82, 2.24) is 0 Å². The van der Waals surface area contributed by atoms with Crippen LogP contribution in [0, 0.1) is 0 Å². The summed E-state index contributed by atoms with van der Waals surface area (Å²) in [6.07, 6.45) is 0.294. The summed E-state index contributed by atoms with van der Waals surface area (Å²) in [6, 6.07) is 20.6. The minimum Gasteiger partial charge on any atom is -0.490 e. The van der Waals surface area contributed by atoms with Gasteiger partial charge >= 0.3 is 17.9 Å². The summed E-state index contributed by atoms with van der Waals surface area (Å²) >= 11 is 0. The Balaban J connectivity index is 1.80. The van der Waals surface area contributed by atoms with Crippen LogP contribution in [0.2, 0.25) is 0 Å². The normalized spacial score (nSPS) is 10.3. The molecule has 0 fully saturated rings. The van der Waals surface area contributed by atoms with Gasteiger partial charge in [0.1, 0.15) is 43.7 Å². The van der Waals surface area contributed by atoms with Crippen LogP contribution in [-0.2, 0) is 23.9 Å². The highest BCUT2D eigenvalue weighted by molar-refractivity contribution is 5.89. The molecule has 214 valence electrons. The predicted octanol–water partition coefficient (Wildman–Crippen LogP) is 6.33. The van der Waals surface area contributed by atoms with Gasteiger partial charge in [0.05, 0.1) is 0 Å². The molecule has 0 heterocycles. The Bertz CT molecular complexity index is 1400. The summed E-state index contributed by atoms with van der Waals surface area (Å²) in [5.41, 5.74) is 4.26. The van der Waals surface area contributed by atoms with E-state index in [1.165, 1.54) is 0 Å². The van der Waals surface area contributed by atoms with Gasteiger partial charge in [0.25, 0.3) is 0 Å². The smallest absolute Gasteiger partial charge is 0.338 e. The van der Waals surface area contributed by atoms with Crippen LogP contribution in [0.1, 0.15) is 27.2 Å². The molecule has 0 N–H and O–H groups in total. The summed E-state index contributed by atoms with van der Waals surface area (Å²) in [7, 11) is 0. The lowest BCUT2D eigenvalue weighted by Gasteiger charge is -2.14. The Morgan fingerprint density at radius 3 is 1.73 bits per heavy atom. The van der Waals surface area contributed by atoms with Crippen LogP contribution in [0.25, 0.3) is 22.3 Å². The summed E-state index contributed by atoms with van der Waals surface area (Å²) in [4.78, 5) is 34.9. The molecule has 0 unspecified atom stereocenters. The lowest BCUT2D eigenvalue weighted by molar-refractivity contribution is -0.144. The molecule has 3 aromatic rings. The first-order valence-electron chi connectivity index (χ1n) is 13.1. The quantitative estimate of drug-likeness (QED) is 0.0980. The summed E-state index contributed by atoms with van der Waals surface area (Å²) in [5.74, 6) is 0.225. The molecule has 0 spiro atoms. The molecular formula is C33H34O8. The van der Waals surface area contributed by atoms with Crippen LogP contribution in [0.4, 0.5) is 0 Å². The second-order valence-corrected chi connectivity index (χ2v) is 9.16. The van der Waals surface area contributed by atoms with Gasteiger partial charge in [0.2, 0.25) is 0 Å². The van der Waals surface area contributed by atoms with Crippen LogP contribution in [-0.4, -0.2) is 44.3 Å². The van der Waals surface area contributed by atoms with Crippen molar-refractivity contribution >= 4 is 17.9 Å². The Morgan fingerprint density at radius 1 is 0.610 bits per heavy atom. The number of rotatable bonds is 14. The molecule has 0 saturated carbocycles. The Kier molecular flexibility index (Phi) is 11.3. The van der Waals surface area contributed by atoms with E-state index in [1.54, 1.807) is 39.0 Å². The number of esters is 3. The lowest BCUT2D eigenvalue weighted by Crippen LogP contribution is -2.13. The van der Waals surface area contributed by atoms with Crippen molar-refractivity contribution in [3.05, 3.63) is 91.0 Å². The van der Waals surface area contributed by atoms with Gasteiger partial charge in [-0.25, -0.2) is 9.59 Å². The zero-order valence-corrected chi connectivity index (χ0v) is 23.6. The van der Waals surface area contributed by atoms with Crippen molar-refractivity contribution in [2.24, 2.45) is 0 Å². The van der Waals surface area contributed by atoms with Gasteiger partial charge < -0.3 is 23.7 Å². The van der Waals surface area contributed by atoms with E-state index in [-0.39, 0.29) is 32.4 Å². The van der Waals surface area contributed by atoms with Crippen molar-refractivity contribution in [3.63, 3.8) is 0 Å². The summed E-state index contributed by atoms with van der Waals surface area (Å²) < 4.78 is 27.2. The molecule has 0 aliphatic heterocycles. The Labute approximate surface area is 240 Å². The van der Waals surface area contributed by atoms with Crippen molar-refractivity contribution in [3.8, 4) is 39.5 Å². The molecular weight excluding hydrogens is 524 g/mol. The van der Waals surface area contributed by atoms with Crippen LogP contribution in [0.5, 0.6) is 17.2 Å². The van der Waals surface area contributed by atoms with E-state index in [9.17, 15) is 14.4 Å². The molecule has 8 heteroatoms. The number of benzene rings is 3. The van der Waals surface area contributed by atoms with Crippen LogP contribution in [0.15, 0.2) is 91.0 Å².